The zero-order valence-electron chi connectivity index (χ0n) is 19.7. The van der Waals surface area contributed by atoms with Gasteiger partial charge in [-0.3, -0.25) is 0 Å². The minimum absolute atomic E-state index is 0.289. The third-order valence-electron chi connectivity index (χ3n) is 6.48. The summed E-state index contributed by atoms with van der Waals surface area (Å²) in [5, 5.41) is 1.07. The molecule has 0 unspecified atom stereocenters. The first-order valence-electron chi connectivity index (χ1n) is 11.1. The van der Waals surface area contributed by atoms with Crippen LogP contribution in [-0.2, 0) is 10.5 Å². The van der Waals surface area contributed by atoms with E-state index in [2.05, 4.69) is 39.5 Å². The van der Waals surface area contributed by atoms with Gasteiger partial charge < -0.3 is 9.64 Å². The predicted octanol–water partition coefficient (Wildman–Crippen LogP) is 6.42. The van der Waals surface area contributed by atoms with Crippen LogP contribution < -0.4 is 0 Å². The van der Waals surface area contributed by atoms with Crippen LogP contribution in [0.4, 0.5) is 5.69 Å². The van der Waals surface area contributed by atoms with Crippen LogP contribution in [0.25, 0.3) is 0 Å². The third kappa shape index (κ3) is 5.32. The Hall–Kier alpha value is -2.27. The van der Waals surface area contributed by atoms with Gasteiger partial charge in [-0.25, -0.2) is 9.79 Å². The minimum atomic E-state index is -0.289. The van der Waals surface area contributed by atoms with Gasteiger partial charge in [0, 0.05) is 18.8 Å². The molecule has 0 atom stereocenters. The van der Waals surface area contributed by atoms with Crippen LogP contribution in [0.2, 0.25) is 0 Å². The highest BCUT2D eigenvalue weighted by Crippen LogP contribution is 2.31. The molecule has 0 saturated carbocycles. The number of carbonyl (C=O) groups is 1. The maximum atomic E-state index is 11.9. The average molecular weight is 439 g/mol. The number of amidine groups is 1. The second-order valence-electron chi connectivity index (χ2n) is 8.25. The summed E-state index contributed by atoms with van der Waals surface area (Å²) in [7, 11) is 0. The van der Waals surface area contributed by atoms with Crippen LogP contribution in [0.1, 0.15) is 63.5 Å². The molecule has 2 aromatic rings. The largest absolute Gasteiger partial charge is 0.462 e. The average Bonchev–Trinajstić information content (AvgIpc) is 3.31. The highest BCUT2D eigenvalue weighted by atomic mass is 32.2. The van der Waals surface area contributed by atoms with Gasteiger partial charge in [0.15, 0.2) is 5.17 Å². The Bertz CT molecular complexity index is 945. The smallest absolute Gasteiger partial charge is 0.338 e. The topological polar surface area (TPSA) is 41.9 Å². The van der Waals surface area contributed by atoms with E-state index in [1.54, 1.807) is 12.1 Å². The second-order valence-corrected chi connectivity index (χ2v) is 9.19. The fourth-order valence-electron chi connectivity index (χ4n) is 4.03. The van der Waals surface area contributed by atoms with Crippen molar-refractivity contribution in [3.05, 3.63) is 63.2 Å². The van der Waals surface area contributed by atoms with Crippen molar-refractivity contribution in [1.29, 1.82) is 0 Å². The van der Waals surface area contributed by atoms with Crippen molar-refractivity contribution in [1.82, 2.24) is 4.90 Å². The van der Waals surface area contributed by atoms with Crippen molar-refractivity contribution < 1.29 is 9.53 Å². The monoisotopic (exact) mass is 438 g/mol. The Morgan fingerprint density at radius 2 is 1.48 bits per heavy atom. The van der Waals surface area contributed by atoms with Crippen molar-refractivity contribution in [2.75, 3.05) is 19.7 Å². The zero-order chi connectivity index (χ0) is 22.5. The molecule has 0 spiro atoms. The summed E-state index contributed by atoms with van der Waals surface area (Å²) < 4.78 is 5.08. The normalized spacial score (nSPS) is 14.3. The molecule has 0 aromatic heterocycles. The SMILES string of the molecule is CCOC(=O)c1ccc(N=C(SCc2c(C)c(C)c(C)c(C)c2C)N2CCCC2)cc1. The summed E-state index contributed by atoms with van der Waals surface area (Å²) in [5.74, 6) is 0.624. The van der Waals surface area contributed by atoms with E-state index in [4.69, 9.17) is 9.73 Å². The summed E-state index contributed by atoms with van der Waals surface area (Å²) in [6, 6.07) is 7.40. The van der Waals surface area contributed by atoms with Gasteiger partial charge in [-0.05, 0) is 112 Å². The third-order valence-corrected chi connectivity index (χ3v) is 7.52. The van der Waals surface area contributed by atoms with Gasteiger partial charge in [0.05, 0.1) is 17.9 Å². The molecule has 0 aliphatic carbocycles. The van der Waals surface area contributed by atoms with Gasteiger partial charge in [-0.15, -0.1) is 0 Å². The molecule has 0 N–H and O–H groups in total. The van der Waals surface area contributed by atoms with Crippen molar-refractivity contribution >= 4 is 28.6 Å². The Labute approximate surface area is 191 Å². The molecule has 166 valence electrons. The predicted molar refractivity (Wildman–Crippen MR) is 132 cm³/mol. The number of esters is 1. The van der Waals surface area contributed by atoms with E-state index in [-0.39, 0.29) is 5.97 Å². The van der Waals surface area contributed by atoms with Crippen molar-refractivity contribution in [2.45, 2.75) is 60.1 Å². The molecule has 1 heterocycles. The van der Waals surface area contributed by atoms with Crippen LogP contribution in [0.3, 0.4) is 0 Å². The van der Waals surface area contributed by atoms with Gasteiger partial charge in [-0.1, -0.05) is 11.8 Å². The fourth-order valence-corrected chi connectivity index (χ4v) is 5.27. The molecular weight excluding hydrogens is 404 g/mol. The van der Waals surface area contributed by atoms with E-state index in [9.17, 15) is 4.79 Å². The molecule has 3 rings (SSSR count). The van der Waals surface area contributed by atoms with Crippen LogP contribution in [0.5, 0.6) is 0 Å². The quantitative estimate of drug-likeness (QED) is 0.307. The number of carbonyl (C=O) groups excluding carboxylic acids is 1. The summed E-state index contributed by atoms with van der Waals surface area (Å²) in [5.41, 5.74) is 9.84. The van der Waals surface area contributed by atoms with Gasteiger partial charge >= 0.3 is 5.97 Å². The molecule has 4 nitrogen and oxygen atoms in total. The lowest BCUT2D eigenvalue weighted by molar-refractivity contribution is 0.0526. The van der Waals surface area contributed by atoms with Gasteiger partial charge in [-0.2, -0.15) is 0 Å². The molecular formula is C26H34N2O2S. The maximum Gasteiger partial charge on any atom is 0.338 e. The molecule has 5 heteroatoms. The Balaban J connectivity index is 1.85. The first-order chi connectivity index (χ1) is 14.8. The first-order valence-corrected chi connectivity index (χ1v) is 12.1. The number of hydrogen-bond donors (Lipinski definition) is 0. The lowest BCUT2D eigenvalue weighted by atomic mass is 9.90. The lowest BCUT2D eigenvalue weighted by Crippen LogP contribution is -2.25. The highest BCUT2D eigenvalue weighted by molar-refractivity contribution is 8.13. The van der Waals surface area contributed by atoms with Crippen LogP contribution >= 0.6 is 11.8 Å². The summed E-state index contributed by atoms with van der Waals surface area (Å²) in [4.78, 5) is 19.3. The number of rotatable bonds is 5. The number of likely N-dealkylation sites (tertiary alicyclic amines) is 1. The lowest BCUT2D eigenvalue weighted by Gasteiger charge is -2.22. The van der Waals surface area contributed by atoms with Crippen molar-refractivity contribution in [3.63, 3.8) is 0 Å². The van der Waals surface area contributed by atoms with Crippen molar-refractivity contribution in [3.8, 4) is 0 Å². The van der Waals surface area contributed by atoms with E-state index in [0.29, 0.717) is 12.2 Å². The minimum Gasteiger partial charge on any atom is -0.462 e. The molecule has 0 amide bonds. The van der Waals surface area contributed by atoms with Gasteiger partial charge in [0.1, 0.15) is 0 Å². The number of nitrogens with zero attached hydrogens (tertiary/aromatic N) is 2. The number of thioether (sulfide) groups is 1. The van der Waals surface area contributed by atoms with E-state index in [1.807, 2.05) is 30.8 Å². The molecule has 0 radical (unpaired) electrons. The maximum absolute atomic E-state index is 11.9. The van der Waals surface area contributed by atoms with E-state index in [0.717, 1.165) is 29.7 Å². The van der Waals surface area contributed by atoms with E-state index >= 15 is 0 Å². The first kappa shape index (κ1) is 23.4. The van der Waals surface area contributed by atoms with Gasteiger partial charge in [0.25, 0.3) is 0 Å². The van der Waals surface area contributed by atoms with Gasteiger partial charge in [0.2, 0.25) is 0 Å². The van der Waals surface area contributed by atoms with E-state index in [1.165, 1.54) is 46.2 Å². The highest BCUT2D eigenvalue weighted by Gasteiger charge is 2.19. The van der Waals surface area contributed by atoms with Crippen LogP contribution in [0.15, 0.2) is 29.3 Å². The fraction of sp³-hybridized carbons (Fsp3) is 0.462. The molecule has 1 fully saturated rings. The Morgan fingerprint density at radius 1 is 0.935 bits per heavy atom. The van der Waals surface area contributed by atoms with E-state index < -0.39 is 0 Å². The summed E-state index contributed by atoms with van der Waals surface area (Å²) in [6.45, 7) is 15.5. The molecule has 0 bridgehead atoms. The molecule has 1 aliphatic heterocycles. The van der Waals surface area contributed by atoms with Crippen LogP contribution in [0, 0.1) is 34.6 Å². The zero-order valence-corrected chi connectivity index (χ0v) is 20.5. The Kier molecular flexibility index (Phi) is 7.82. The van der Waals surface area contributed by atoms with Crippen LogP contribution in [-0.4, -0.2) is 35.7 Å². The van der Waals surface area contributed by atoms with Crippen molar-refractivity contribution in [2.24, 2.45) is 4.99 Å². The number of ether oxygens (including phenoxy) is 1. The Morgan fingerprint density at radius 3 is 2.03 bits per heavy atom. The summed E-state index contributed by atoms with van der Waals surface area (Å²) >= 11 is 1.82. The number of aliphatic imine (C=N–C) groups is 1. The molecule has 2 aromatic carbocycles. The molecule has 1 aliphatic rings. The number of benzene rings is 2. The second kappa shape index (κ2) is 10.4. The molecule has 1 saturated heterocycles. The summed E-state index contributed by atoms with van der Waals surface area (Å²) in [6.07, 6.45) is 2.42. The molecule has 31 heavy (non-hydrogen) atoms. The number of hydrogen-bond acceptors (Lipinski definition) is 4. The standard InChI is InChI=1S/C26H34N2O2S/c1-7-30-25(29)22-10-12-23(13-11-22)27-26(28-14-8-9-15-28)31-16-24-20(5)18(3)17(2)19(4)21(24)6/h10-13H,7-9,14-16H2,1-6H3.